The number of amides is 1. The monoisotopic (exact) mass is 458 g/mol. The van der Waals surface area contributed by atoms with Crippen molar-refractivity contribution in [1.29, 1.82) is 0 Å². The van der Waals surface area contributed by atoms with Crippen molar-refractivity contribution in [3.8, 4) is 10.9 Å². The second kappa shape index (κ2) is 8.88. The molecule has 4 rings (SSSR count). The summed E-state index contributed by atoms with van der Waals surface area (Å²) in [6.07, 6.45) is -5.97. The Balaban J connectivity index is 1.48. The number of hydrogen-bond acceptors (Lipinski definition) is 5. The Morgan fingerprint density at radius 2 is 1.75 bits per heavy atom. The number of aromatic nitrogens is 1. The van der Waals surface area contributed by atoms with Crippen LogP contribution in [0.25, 0.3) is 10.2 Å². The minimum atomic E-state index is -4.47. The summed E-state index contributed by atoms with van der Waals surface area (Å²) in [6, 6.07) is 19.1. The van der Waals surface area contributed by atoms with Crippen molar-refractivity contribution in [2.75, 3.05) is 5.32 Å². The molecule has 0 bridgehead atoms. The van der Waals surface area contributed by atoms with E-state index in [0.717, 1.165) is 17.4 Å². The number of carbonyl (C=O) groups excluding carboxylic acids is 1. The zero-order valence-corrected chi connectivity index (χ0v) is 17.5. The van der Waals surface area contributed by atoms with Crippen LogP contribution in [0.2, 0.25) is 0 Å². The first-order valence-electron chi connectivity index (χ1n) is 9.57. The van der Waals surface area contributed by atoms with E-state index >= 15 is 0 Å². The van der Waals surface area contributed by atoms with Gasteiger partial charge in [0.1, 0.15) is 11.9 Å². The summed E-state index contributed by atoms with van der Waals surface area (Å²) in [6.45, 7) is 1.56. The fourth-order valence-corrected chi connectivity index (χ4v) is 3.96. The van der Waals surface area contributed by atoms with E-state index in [0.29, 0.717) is 21.7 Å². The number of halogens is 3. The molecule has 4 aromatic rings. The topological polar surface area (TPSA) is 60.5 Å². The number of carbonyl (C=O) groups is 1. The lowest BCUT2D eigenvalue weighted by molar-refractivity contribution is -0.138. The average Bonchev–Trinajstić information content (AvgIpc) is 3.15. The molecular weight excluding hydrogens is 441 g/mol. The van der Waals surface area contributed by atoms with E-state index in [-0.39, 0.29) is 10.8 Å². The van der Waals surface area contributed by atoms with Gasteiger partial charge >= 0.3 is 12.3 Å². The van der Waals surface area contributed by atoms with Crippen molar-refractivity contribution in [2.45, 2.75) is 19.2 Å². The Morgan fingerprint density at radius 3 is 2.50 bits per heavy atom. The third-order valence-electron chi connectivity index (χ3n) is 4.56. The van der Waals surface area contributed by atoms with Gasteiger partial charge in [0.25, 0.3) is 5.19 Å². The zero-order valence-electron chi connectivity index (χ0n) is 16.7. The van der Waals surface area contributed by atoms with Crippen LogP contribution in [0.15, 0.2) is 72.8 Å². The van der Waals surface area contributed by atoms with E-state index in [1.807, 2.05) is 6.07 Å². The van der Waals surface area contributed by atoms with Crippen molar-refractivity contribution in [2.24, 2.45) is 0 Å². The average molecular weight is 458 g/mol. The predicted molar refractivity (Wildman–Crippen MR) is 116 cm³/mol. The molecule has 1 N–H and O–H groups in total. The van der Waals surface area contributed by atoms with Crippen molar-refractivity contribution in [3.05, 3.63) is 83.9 Å². The van der Waals surface area contributed by atoms with Crippen LogP contribution in [-0.4, -0.2) is 11.1 Å². The van der Waals surface area contributed by atoms with Gasteiger partial charge in [-0.25, -0.2) is 9.78 Å². The van der Waals surface area contributed by atoms with Crippen molar-refractivity contribution < 1.29 is 27.4 Å². The highest BCUT2D eigenvalue weighted by molar-refractivity contribution is 7.20. The van der Waals surface area contributed by atoms with Crippen LogP contribution in [0.4, 0.5) is 23.7 Å². The Morgan fingerprint density at radius 1 is 1.03 bits per heavy atom. The van der Waals surface area contributed by atoms with Gasteiger partial charge in [-0.15, -0.1) is 0 Å². The van der Waals surface area contributed by atoms with Crippen LogP contribution in [0.3, 0.4) is 0 Å². The fraction of sp³-hybridized carbons (Fsp3) is 0.130. The molecule has 164 valence electrons. The van der Waals surface area contributed by atoms with E-state index < -0.39 is 23.9 Å². The molecule has 5 nitrogen and oxygen atoms in total. The summed E-state index contributed by atoms with van der Waals surface area (Å²) in [4.78, 5) is 16.3. The van der Waals surface area contributed by atoms with Crippen LogP contribution in [0.1, 0.15) is 24.2 Å². The quantitative estimate of drug-likeness (QED) is 0.348. The molecule has 0 aliphatic heterocycles. The molecule has 0 radical (unpaired) electrons. The van der Waals surface area contributed by atoms with Gasteiger partial charge in [0.15, 0.2) is 0 Å². The molecule has 32 heavy (non-hydrogen) atoms. The molecule has 1 aromatic heterocycles. The number of nitrogens with zero attached hydrogens (tertiary/aromatic N) is 1. The SMILES string of the molecule is CC(Oc1ccc2nc(OC(=O)Nc3ccccc3)sc2c1)c1ccccc1C(F)(F)F. The number of para-hydroxylation sites is 1. The summed E-state index contributed by atoms with van der Waals surface area (Å²) >= 11 is 1.13. The molecule has 3 aromatic carbocycles. The first kappa shape index (κ1) is 21.6. The molecule has 9 heteroatoms. The lowest BCUT2D eigenvalue weighted by Crippen LogP contribution is -2.16. The standard InChI is InChI=1S/C23H17F3N2O3S/c1-14(17-9-5-6-10-18(17)23(24,25)26)30-16-11-12-19-20(13-16)32-22(28-19)31-21(29)27-15-7-3-2-4-8-15/h2-14H,1H3,(H,27,29). The smallest absolute Gasteiger partial charge is 0.419 e. The third kappa shape index (κ3) is 5.00. The molecule has 1 amide bonds. The number of rotatable bonds is 5. The normalized spacial score (nSPS) is 12.4. The first-order valence-corrected chi connectivity index (χ1v) is 10.4. The van der Waals surface area contributed by atoms with Crippen LogP contribution < -0.4 is 14.8 Å². The second-order valence-corrected chi connectivity index (χ2v) is 7.83. The van der Waals surface area contributed by atoms with Crippen molar-refractivity contribution >= 4 is 33.3 Å². The van der Waals surface area contributed by atoms with Gasteiger partial charge in [0, 0.05) is 11.3 Å². The number of benzene rings is 3. The lowest BCUT2D eigenvalue weighted by Gasteiger charge is -2.19. The number of fused-ring (bicyclic) bond motifs is 1. The number of hydrogen-bond donors (Lipinski definition) is 1. The molecule has 0 spiro atoms. The highest BCUT2D eigenvalue weighted by atomic mass is 32.1. The molecule has 1 heterocycles. The second-order valence-electron chi connectivity index (χ2n) is 6.83. The molecular formula is C23H17F3N2O3S. The van der Waals surface area contributed by atoms with E-state index in [1.165, 1.54) is 12.1 Å². The molecule has 0 aliphatic carbocycles. The van der Waals surface area contributed by atoms with Gasteiger partial charge in [0.2, 0.25) is 0 Å². The maximum absolute atomic E-state index is 13.3. The number of thiazole rings is 1. The minimum absolute atomic E-state index is 0.0472. The van der Waals surface area contributed by atoms with Crippen molar-refractivity contribution in [1.82, 2.24) is 4.98 Å². The Hall–Kier alpha value is -3.59. The van der Waals surface area contributed by atoms with Gasteiger partial charge in [-0.3, -0.25) is 5.32 Å². The molecule has 0 aliphatic rings. The molecule has 1 atom stereocenters. The maximum atomic E-state index is 13.3. The summed E-state index contributed by atoms with van der Waals surface area (Å²) in [5.41, 5.74) is 0.480. The lowest BCUT2D eigenvalue weighted by atomic mass is 10.0. The molecule has 0 fully saturated rings. The summed E-state index contributed by atoms with van der Waals surface area (Å²) in [7, 11) is 0. The Kier molecular flexibility index (Phi) is 6.00. The highest BCUT2D eigenvalue weighted by Gasteiger charge is 2.34. The van der Waals surface area contributed by atoms with E-state index in [9.17, 15) is 18.0 Å². The predicted octanol–water partition coefficient (Wildman–Crippen LogP) is 7.07. The number of ether oxygens (including phenoxy) is 2. The van der Waals surface area contributed by atoms with Gasteiger partial charge in [0.05, 0.1) is 15.8 Å². The molecule has 1 unspecified atom stereocenters. The molecule has 0 saturated carbocycles. The van der Waals surface area contributed by atoms with Crippen molar-refractivity contribution in [3.63, 3.8) is 0 Å². The number of anilines is 1. The maximum Gasteiger partial charge on any atom is 0.419 e. The molecule has 0 saturated heterocycles. The van der Waals surface area contributed by atoms with Gasteiger partial charge < -0.3 is 9.47 Å². The number of nitrogens with one attached hydrogen (secondary N) is 1. The third-order valence-corrected chi connectivity index (χ3v) is 5.45. The highest BCUT2D eigenvalue weighted by Crippen LogP contribution is 2.37. The first-order chi connectivity index (χ1) is 15.3. The zero-order chi connectivity index (χ0) is 22.7. The largest absolute Gasteiger partial charge is 0.486 e. The Labute approximate surface area is 185 Å². The Bertz CT molecular complexity index is 1240. The van der Waals surface area contributed by atoms with E-state index in [2.05, 4.69) is 10.3 Å². The summed E-state index contributed by atoms with van der Waals surface area (Å²) in [5, 5.41) is 2.74. The van der Waals surface area contributed by atoms with Crippen LogP contribution in [0, 0.1) is 0 Å². The fourth-order valence-electron chi connectivity index (χ4n) is 3.12. The summed E-state index contributed by atoms with van der Waals surface area (Å²) in [5.74, 6) is 0.380. The minimum Gasteiger partial charge on any atom is -0.486 e. The van der Waals surface area contributed by atoms with Gasteiger partial charge in [-0.2, -0.15) is 13.2 Å². The van der Waals surface area contributed by atoms with Gasteiger partial charge in [-0.05, 0) is 43.3 Å². The van der Waals surface area contributed by atoms with Gasteiger partial charge in [-0.1, -0.05) is 47.7 Å². The number of alkyl halides is 3. The summed E-state index contributed by atoms with van der Waals surface area (Å²) < 4.78 is 51.6. The van der Waals surface area contributed by atoms with Crippen LogP contribution >= 0.6 is 11.3 Å². The van der Waals surface area contributed by atoms with Crippen LogP contribution in [0.5, 0.6) is 10.9 Å². The van der Waals surface area contributed by atoms with E-state index in [4.69, 9.17) is 9.47 Å². The van der Waals surface area contributed by atoms with E-state index in [1.54, 1.807) is 55.5 Å². The van der Waals surface area contributed by atoms with Crippen LogP contribution in [-0.2, 0) is 6.18 Å².